The molecule has 2 heterocycles. The van der Waals surface area contributed by atoms with Gasteiger partial charge in [-0.1, -0.05) is 24.3 Å². The molecule has 0 bridgehead atoms. The molecule has 4 rings (SSSR count). The maximum atomic E-state index is 5.48. The second kappa shape index (κ2) is 9.83. The smallest absolute Gasteiger partial charge is 0.119 e. The van der Waals surface area contributed by atoms with Gasteiger partial charge in [0.1, 0.15) is 5.75 Å². The largest absolute Gasteiger partial charge is 0.497 e. The molecule has 0 atom stereocenters. The van der Waals surface area contributed by atoms with Crippen molar-refractivity contribution in [1.82, 2.24) is 14.8 Å². The summed E-state index contributed by atoms with van der Waals surface area (Å²) in [5.41, 5.74) is 2.58. The quantitative estimate of drug-likeness (QED) is 0.587. The summed E-state index contributed by atoms with van der Waals surface area (Å²) in [7, 11) is 1.71. The third-order valence-corrected chi connectivity index (χ3v) is 5.48. The fourth-order valence-corrected chi connectivity index (χ4v) is 3.83. The number of morpholine rings is 1. The van der Waals surface area contributed by atoms with Gasteiger partial charge in [0.2, 0.25) is 0 Å². The van der Waals surface area contributed by atoms with Crippen LogP contribution in [0.1, 0.15) is 11.1 Å². The Bertz CT molecular complexity index is 910. The van der Waals surface area contributed by atoms with Gasteiger partial charge in [0.05, 0.1) is 20.3 Å². The molecule has 1 fully saturated rings. The van der Waals surface area contributed by atoms with E-state index in [0.717, 1.165) is 58.2 Å². The molecule has 0 aliphatic carbocycles. The zero-order valence-corrected chi connectivity index (χ0v) is 17.1. The molecule has 0 radical (unpaired) electrons. The second-order valence-corrected chi connectivity index (χ2v) is 7.57. The van der Waals surface area contributed by atoms with Crippen LogP contribution >= 0.6 is 0 Å². The van der Waals surface area contributed by atoms with E-state index in [0.29, 0.717) is 0 Å². The highest BCUT2D eigenvalue weighted by molar-refractivity contribution is 5.84. The van der Waals surface area contributed by atoms with E-state index >= 15 is 0 Å². The van der Waals surface area contributed by atoms with Gasteiger partial charge in [-0.3, -0.25) is 14.8 Å². The van der Waals surface area contributed by atoms with Crippen LogP contribution in [0.4, 0.5) is 0 Å². The van der Waals surface area contributed by atoms with E-state index in [9.17, 15) is 0 Å². The third kappa shape index (κ3) is 5.54. The van der Waals surface area contributed by atoms with E-state index in [4.69, 9.17) is 9.47 Å². The molecule has 0 spiro atoms. The highest BCUT2D eigenvalue weighted by atomic mass is 16.5. The number of nitrogens with zero attached hydrogens (tertiary/aromatic N) is 3. The van der Waals surface area contributed by atoms with Crippen molar-refractivity contribution in [3.8, 4) is 5.75 Å². The number of ether oxygens (including phenoxy) is 2. The van der Waals surface area contributed by atoms with Crippen LogP contribution in [0, 0.1) is 0 Å². The highest BCUT2D eigenvalue weighted by Crippen LogP contribution is 2.22. The molecule has 0 saturated carbocycles. The van der Waals surface area contributed by atoms with E-state index in [1.807, 2.05) is 24.5 Å². The second-order valence-electron chi connectivity index (χ2n) is 7.57. The van der Waals surface area contributed by atoms with Gasteiger partial charge < -0.3 is 9.47 Å². The average molecular weight is 392 g/mol. The molecule has 3 aromatic rings. The van der Waals surface area contributed by atoms with Gasteiger partial charge in [-0.05, 0) is 46.2 Å². The molecular formula is C24H29N3O2. The van der Waals surface area contributed by atoms with Crippen LogP contribution in [-0.2, 0) is 17.8 Å². The first kappa shape index (κ1) is 19.8. The van der Waals surface area contributed by atoms with Crippen LogP contribution in [0.15, 0.2) is 60.9 Å². The first-order valence-electron chi connectivity index (χ1n) is 10.3. The minimum atomic E-state index is 0.844. The van der Waals surface area contributed by atoms with Gasteiger partial charge in [-0.2, -0.15) is 0 Å². The number of hydrogen-bond acceptors (Lipinski definition) is 5. The summed E-state index contributed by atoms with van der Waals surface area (Å²) in [5.74, 6) is 0.897. The molecule has 1 saturated heterocycles. The maximum Gasteiger partial charge on any atom is 0.119 e. The minimum Gasteiger partial charge on any atom is -0.497 e. The summed E-state index contributed by atoms with van der Waals surface area (Å²) < 4.78 is 10.8. The van der Waals surface area contributed by atoms with E-state index in [-0.39, 0.29) is 0 Å². The van der Waals surface area contributed by atoms with Crippen LogP contribution in [-0.4, -0.2) is 61.3 Å². The number of fused-ring (bicyclic) bond motifs is 1. The lowest BCUT2D eigenvalue weighted by atomic mass is 10.1. The summed E-state index contributed by atoms with van der Waals surface area (Å²) in [6.07, 6.45) is 3.80. The molecule has 5 nitrogen and oxygen atoms in total. The Morgan fingerprint density at radius 1 is 1.00 bits per heavy atom. The molecule has 0 unspecified atom stereocenters. The number of pyridine rings is 1. The van der Waals surface area contributed by atoms with Crippen molar-refractivity contribution >= 4 is 10.8 Å². The summed E-state index contributed by atoms with van der Waals surface area (Å²) in [6, 6.07) is 17.1. The molecule has 1 aliphatic rings. The van der Waals surface area contributed by atoms with Gasteiger partial charge >= 0.3 is 0 Å². The summed E-state index contributed by atoms with van der Waals surface area (Å²) in [5, 5.41) is 2.46. The van der Waals surface area contributed by atoms with E-state index in [2.05, 4.69) is 51.2 Å². The summed E-state index contributed by atoms with van der Waals surface area (Å²) in [4.78, 5) is 9.29. The van der Waals surface area contributed by atoms with Crippen molar-refractivity contribution in [2.75, 3.05) is 46.5 Å². The van der Waals surface area contributed by atoms with E-state index < -0.39 is 0 Å². The number of rotatable bonds is 8. The van der Waals surface area contributed by atoms with Gasteiger partial charge in [-0.15, -0.1) is 0 Å². The topological polar surface area (TPSA) is 37.8 Å². The van der Waals surface area contributed by atoms with Gasteiger partial charge in [0, 0.05) is 51.7 Å². The summed E-state index contributed by atoms with van der Waals surface area (Å²) in [6.45, 7) is 7.65. The lowest BCUT2D eigenvalue weighted by Crippen LogP contribution is -2.41. The molecular weight excluding hydrogens is 362 g/mol. The number of benzene rings is 2. The zero-order valence-electron chi connectivity index (χ0n) is 17.1. The molecule has 1 aliphatic heterocycles. The molecule has 152 valence electrons. The Labute approximate surface area is 172 Å². The molecule has 0 N–H and O–H groups in total. The normalized spacial score (nSPS) is 15.1. The average Bonchev–Trinajstić information content (AvgIpc) is 2.78. The molecule has 2 aromatic carbocycles. The van der Waals surface area contributed by atoms with Crippen molar-refractivity contribution < 1.29 is 9.47 Å². The van der Waals surface area contributed by atoms with Crippen molar-refractivity contribution in [2.24, 2.45) is 0 Å². The standard InChI is InChI=1S/C24H29N3O2/c1-28-24-7-6-22-15-20(4-5-23(22)16-24)18-27(19-21-3-2-8-25-17-21)10-9-26-11-13-29-14-12-26/h2-8,15-17H,9-14,18-19H2,1H3. The van der Waals surface area contributed by atoms with Crippen molar-refractivity contribution in [2.45, 2.75) is 13.1 Å². The van der Waals surface area contributed by atoms with Crippen LogP contribution < -0.4 is 4.74 Å². The predicted molar refractivity (Wildman–Crippen MR) is 116 cm³/mol. The predicted octanol–water partition coefficient (Wildman–Crippen LogP) is 3.58. The van der Waals surface area contributed by atoms with Gasteiger partial charge in [0.25, 0.3) is 0 Å². The SMILES string of the molecule is COc1ccc2cc(CN(CCN3CCOCC3)Cc3cccnc3)ccc2c1. The van der Waals surface area contributed by atoms with E-state index in [1.165, 1.54) is 21.9 Å². The Morgan fingerprint density at radius 3 is 2.59 bits per heavy atom. The first-order valence-corrected chi connectivity index (χ1v) is 10.3. The zero-order chi connectivity index (χ0) is 19.9. The molecule has 29 heavy (non-hydrogen) atoms. The fourth-order valence-electron chi connectivity index (χ4n) is 3.83. The van der Waals surface area contributed by atoms with Crippen LogP contribution in [0.5, 0.6) is 5.75 Å². The minimum absolute atomic E-state index is 0.844. The Kier molecular flexibility index (Phi) is 6.72. The van der Waals surface area contributed by atoms with E-state index in [1.54, 1.807) is 7.11 Å². The highest BCUT2D eigenvalue weighted by Gasteiger charge is 2.14. The molecule has 0 amide bonds. The van der Waals surface area contributed by atoms with Crippen LogP contribution in [0.3, 0.4) is 0 Å². The lowest BCUT2D eigenvalue weighted by molar-refractivity contribution is 0.0325. The Hall–Kier alpha value is -2.47. The van der Waals surface area contributed by atoms with Gasteiger partial charge in [0.15, 0.2) is 0 Å². The monoisotopic (exact) mass is 391 g/mol. The number of hydrogen-bond donors (Lipinski definition) is 0. The van der Waals surface area contributed by atoms with Gasteiger partial charge in [-0.25, -0.2) is 0 Å². The summed E-state index contributed by atoms with van der Waals surface area (Å²) >= 11 is 0. The number of methoxy groups -OCH3 is 1. The number of aromatic nitrogens is 1. The van der Waals surface area contributed by atoms with Crippen molar-refractivity contribution in [1.29, 1.82) is 0 Å². The van der Waals surface area contributed by atoms with Crippen molar-refractivity contribution in [3.63, 3.8) is 0 Å². The van der Waals surface area contributed by atoms with Crippen LogP contribution in [0.25, 0.3) is 10.8 Å². The maximum absolute atomic E-state index is 5.48. The van der Waals surface area contributed by atoms with Crippen LogP contribution in [0.2, 0.25) is 0 Å². The Balaban J connectivity index is 1.47. The third-order valence-electron chi connectivity index (χ3n) is 5.48. The lowest BCUT2D eigenvalue weighted by Gasteiger charge is -2.30. The fraction of sp³-hybridized carbons (Fsp3) is 0.375. The molecule has 1 aromatic heterocycles. The Morgan fingerprint density at radius 2 is 1.79 bits per heavy atom. The van der Waals surface area contributed by atoms with Crippen molar-refractivity contribution in [3.05, 3.63) is 72.1 Å². The molecule has 5 heteroatoms. The first-order chi connectivity index (χ1) is 14.3.